The number of hydrogen-bond acceptors (Lipinski definition) is 6. The molecule has 5 rings (SSSR count). The van der Waals surface area contributed by atoms with Crippen LogP contribution in [0, 0.1) is 20.9 Å². The third-order valence-electron chi connectivity index (χ3n) is 7.73. The lowest BCUT2D eigenvalue weighted by Gasteiger charge is -2.49. The second-order valence-corrected chi connectivity index (χ2v) is 12.1. The van der Waals surface area contributed by atoms with Crippen molar-refractivity contribution in [2.24, 2.45) is 10.8 Å². The number of nitrogens with zero attached hydrogens (tertiary/aromatic N) is 2. The second-order valence-electron chi connectivity index (χ2n) is 12.1. The molecule has 0 amide bonds. The van der Waals surface area contributed by atoms with Crippen molar-refractivity contribution >= 4 is 17.3 Å². The summed E-state index contributed by atoms with van der Waals surface area (Å²) in [5.41, 5.74) is 3.53. The monoisotopic (exact) mass is 500 g/mol. The summed E-state index contributed by atoms with van der Waals surface area (Å²) in [6.07, 6.45) is 1.99. The number of phenolic OH excluding ortho intramolecular Hbond substituents is 1. The van der Waals surface area contributed by atoms with Crippen LogP contribution in [-0.2, 0) is 16.1 Å². The second kappa shape index (κ2) is 8.68. The van der Waals surface area contributed by atoms with Crippen LogP contribution in [0.5, 0.6) is 5.75 Å². The first-order valence-corrected chi connectivity index (χ1v) is 12.7. The molecule has 0 saturated carbocycles. The van der Waals surface area contributed by atoms with E-state index in [9.17, 15) is 24.8 Å². The first-order valence-electron chi connectivity index (χ1n) is 12.7. The van der Waals surface area contributed by atoms with Gasteiger partial charge >= 0.3 is 5.69 Å². The van der Waals surface area contributed by atoms with E-state index in [-0.39, 0.29) is 22.4 Å². The normalized spacial score (nSPS) is 21.1. The molecule has 0 atom stereocenters. The molecule has 7 nitrogen and oxygen atoms in total. The third-order valence-corrected chi connectivity index (χ3v) is 7.73. The smallest absolute Gasteiger partial charge is 0.310 e. The van der Waals surface area contributed by atoms with Crippen LogP contribution in [0.4, 0.5) is 5.69 Å². The van der Waals surface area contributed by atoms with Crippen LogP contribution in [0.2, 0.25) is 0 Å². The lowest BCUT2D eigenvalue weighted by molar-refractivity contribution is -0.385. The van der Waals surface area contributed by atoms with Crippen molar-refractivity contribution in [3.05, 3.63) is 92.3 Å². The van der Waals surface area contributed by atoms with Crippen LogP contribution < -0.4 is 0 Å². The molecular formula is C30H32N2O5. The largest absolute Gasteiger partial charge is 0.502 e. The molecule has 1 N–H and O–H groups in total. The highest BCUT2D eigenvalue weighted by Crippen LogP contribution is 2.55. The summed E-state index contributed by atoms with van der Waals surface area (Å²) in [5, 5.41) is 21.8. The summed E-state index contributed by atoms with van der Waals surface area (Å²) >= 11 is 0. The highest BCUT2D eigenvalue weighted by atomic mass is 16.6. The SMILES string of the molecule is CC1(C)CC(=O)C2=C(C1)N(Cc1ccccc1)C1=C(C(=O)CC(C)(C)C1)C2c1ccc(O)c([N+](=O)[O-])c1. The Bertz CT molecular complexity index is 1330. The zero-order valence-corrected chi connectivity index (χ0v) is 21.7. The standard InChI is InChI=1S/C30H32N2O5/c1-29(2)13-21-27(24(34)15-29)26(19-10-11-23(33)20(12-19)32(36)37)28-22(14-30(3,4)16-25(28)35)31(21)17-18-8-6-5-7-9-18/h5-12,26,33H,13-17H2,1-4H3. The van der Waals surface area contributed by atoms with E-state index in [2.05, 4.69) is 32.6 Å². The number of allylic oxidation sites excluding steroid dienone is 4. The molecule has 192 valence electrons. The Labute approximate surface area is 216 Å². The number of nitro groups is 1. The third kappa shape index (κ3) is 4.47. The van der Waals surface area contributed by atoms with Gasteiger partial charge in [-0.25, -0.2) is 0 Å². The van der Waals surface area contributed by atoms with Gasteiger partial charge in [0.05, 0.1) is 4.92 Å². The van der Waals surface area contributed by atoms with Crippen LogP contribution in [0.25, 0.3) is 0 Å². The summed E-state index contributed by atoms with van der Waals surface area (Å²) < 4.78 is 0. The molecule has 7 heteroatoms. The molecule has 0 spiro atoms. The van der Waals surface area contributed by atoms with E-state index in [1.165, 1.54) is 12.1 Å². The zero-order valence-electron chi connectivity index (χ0n) is 21.7. The Morgan fingerprint density at radius 2 is 1.43 bits per heavy atom. The van der Waals surface area contributed by atoms with Crippen molar-refractivity contribution in [2.45, 2.75) is 65.8 Å². The summed E-state index contributed by atoms with van der Waals surface area (Å²) in [5.74, 6) is -1.20. The number of rotatable bonds is 4. The van der Waals surface area contributed by atoms with E-state index >= 15 is 0 Å². The summed E-state index contributed by atoms with van der Waals surface area (Å²) in [4.78, 5) is 40.8. The fraction of sp³-hybridized carbons (Fsp3) is 0.400. The van der Waals surface area contributed by atoms with Crippen LogP contribution in [-0.4, -0.2) is 26.5 Å². The molecule has 1 heterocycles. The van der Waals surface area contributed by atoms with Crippen LogP contribution in [0.1, 0.15) is 70.4 Å². The maximum Gasteiger partial charge on any atom is 0.310 e. The van der Waals surface area contributed by atoms with Crippen LogP contribution in [0.3, 0.4) is 0 Å². The summed E-state index contributed by atoms with van der Waals surface area (Å²) in [7, 11) is 0. The number of Topliss-reactive ketones (excluding diaryl/α,β-unsaturated/α-hetero) is 2. The van der Waals surface area contributed by atoms with Gasteiger partial charge in [-0.2, -0.15) is 0 Å². The van der Waals surface area contributed by atoms with Crippen molar-refractivity contribution in [1.29, 1.82) is 0 Å². The number of hydrogen-bond donors (Lipinski definition) is 1. The molecule has 0 bridgehead atoms. The number of ketones is 2. The van der Waals surface area contributed by atoms with Crippen molar-refractivity contribution < 1.29 is 19.6 Å². The predicted octanol–water partition coefficient (Wildman–Crippen LogP) is 6.19. The van der Waals surface area contributed by atoms with E-state index in [4.69, 9.17) is 0 Å². The molecule has 0 radical (unpaired) electrons. The molecule has 0 aromatic heterocycles. The Balaban J connectivity index is 1.78. The van der Waals surface area contributed by atoms with Crippen molar-refractivity contribution in [1.82, 2.24) is 4.90 Å². The van der Waals surface area contributed by atoms with Crippen LogP contribution >= 0.6 is 0 Å². The molecular weight excluding hydrogens is 468 g/mol. The van der Waals surface area contributed by atoms with E-state index in [1.807, 2.05) is 30.3 Å². The molecule has 37 heavy (non-hydrogen) atoms. The molecule has 0 saturated heterocycles. The first-order chi connectivity index (χ1) is 17.4. The van der Waals surface area contributed by atoms with Gasteiger partial charge in [-0.3, -0.25) is 19.7 Å². The molecule has 2 aromatic rings. The molecule has 3 aliphatic rings. The lowest BCUT2D eigenvalue weighted by Crippen LogP contribution is -2.44. The number of carbonyl (C=O) groups excluding carboxylic acids is 2. The minimum Gasteiger partial charge on any atom is -0.502 e. The number of nitro benzene ring substituents is 1. The Hall–Kier alpha value is -3.74. The van der Waals surface area contributed by atoms with E-state index in [0.29, 0.717) is 48.9 Å². The molecule has 2 aliphatic carbocycles. The first kappa shape index (κ1) is 24.9. The number of benzene rings is 2. The average Bonchev–Trinajstić information content (AvgIpc) is 2.79. The average molecular weight is 501 g/mol. The zero-order chi connectivity index (χ0) is 26.7. The number of aromatic hydroxyl groups is 1. The van der Waals surface area contributed by atoms with Gasteiger partial charge in [0.15, 0.2) is 17.3 Å². The van der Waals surface area contributed by atoms with E-state index in [0.717, 1.165) is 17.0 Å². The van der Waals surface area contributed by atoms with Gasteiger partial charge in [0, 0.05) is 53.9 Å². The van der Waals surface area contributed by atoms with E-state index in [1.54, 1.807) is 6.07 Å². The minimum atomic E-state index is -0.691. The van der Waals surface area contributed by atoms with E-state index < -0.39 is 22.3 Å². The molecule has 0 unspecified atom stereocenters. The van der Waals surface area contributed by atoms with Gasteiger partial charge in [-0.1, -0.05) is 64.1 Å². The highest BCUT2D eigenvalue weighted by molar-refractivity contribution is 6.06. The molecule has 0 fully saturated rings. The Kier molecular flexibility index (Phi) is 5.85. The number of carbonyl (C=O) groups is 2. The van der Waals surface area contributed by atoms with Gasteiger partial charge < -0.3 is 10.0 Å². The molecule has 1 aliphatic heterocycles. The van der Waals surface area contributed by atoms with Gasteiger partial charge in [-0.05, 0) is 40.9 Å². The Morgan fingerprint density at radius 1 is 0.892 bits per heavy atom. The number of phenols is 1. The quantitative estimate of drug-likeness (QED) is 0.397. The predicted molar refractivity (Wildman–Crippen MR) is 140 cm³/mol. The fourth-order valence-electron chi connectivity index (χ4n) is 6.20. The summed E-state index contributed by atoms with van der Waals surface area (Å²) in [6, 6.07) is 14.2. The van der Waals surface area contributed by atoms with Crippen LogP contribution in [0.15, 0.2) is 71.1 Å². The Morgan fingerprint density at radius 3 is 1.95 bits per heavy atom. The molecule has 2 aromatic carbocycles. The summed E-state index contributed by atoms with van der Waals surface area (Å²) in [6.45, 7) is 8.85. The van der Waals surface area contributed by atoms with Gasteiger partial charge in [0.25, 0.3) is 0 Å². The fourth-order valence-corrected chi connectivity index (χ4v) is 6.20. The van der Waals surface area contributed by atoms with Crippen molar-refractivity contribution in [3.63, 3.8) is 0 Å². The maximum absolute atomic E-state index is 13.8. The van der Waals surface area contributed by atoms with Gasteiger partial charge in [0.1, 0.15) is 0 Å². The minimum absolute atomic E-state index is 0.0331. The lowest BCUT2D eigenvalue weighted by atomic mass is 9.63. The maximum atomic E-state index is 13.8. The van der Waals surface area contributed by atoms with Gasteiger partial charge in [0.2, 0.25) is 0 Å². The highest BCUT2D eigenvalue weighted by Gasteiger charge is 2.49. The van der Waals surface area contributed by atoms with Crippen molar-refractivity contribution in [3.8, 4) is 5.75 Å². The topological polar surface area (TPSA) is 101 Å². The van der Waals surface area contributed by atoms with Gasteiger partial charge in [-0.15, -0.1) is 0 Å². The van der Waals surface area contributed by atoms with Crippen molar-refractivity contribution in [2.75, 3.05) is 0 Å².